The number of carbonyl (C=O) groups is 1. The van der Waals surface area contributed by atoms with E-state index in [-0.39, 0.29) is 5.91 Å². The fraction of sp³-hybridized carbons (Fsp3) is 0.786. The molecule has 0 aromatic carbocycles. The molecule has 1 saturated carbocycles. The highest BCUT2D eigenvalue weighted by Gasteiger charge is 2.39. The third kappa shape index (κ3) is 3.56. The van der Waals surface area contributed by atoms with Gasteiger partial charge in [-0.25, -0.2) is 0 Å². The maximum absolute atomic E-state index is 12.5. The highest BCUT2D eigenvalue weighted by molar-refractivity contribution is 5.86. The number of hydrogen-bond donors (Lipinski definition) is 1. The summed E-state index contributed by atoms with van der Waals surface area (Å²) in [5.74, 6) is 0.677. The molecule has 0 aromatic rings. The summed E-state index contributed by atoms with van der Waals surface area (Å²) in [5, 5.41) is 0. The van der Waals surface area contributed by atoms with E-state index in [1.807, 2.05) is 4.90 Å². The molecule has 1 aliphatic rings. The number of carbonyl (C=O) groups excluding carboxylic acids is 1. The van der Waals surface area contributed by atoms with Crippen molar-refractivity contribution in [1.29, 1.82) is 0 Å². The lowest BCUT2D eigenvalue weighted by molar-refractivity contribution is -0.138. The van der Waals surface area contributed by atoms with E-state index >= 15 is 0 Å². The topological polar surface area (TPSA) is 46.3 Å². The molecular weight excluding hydrogens is 212 g/mol. The Bertz CT molecular complexity index is 277. The highest BCUT2D eigenvalue weighted by atomic mass is 16.2. The molecule has 0 spiro atoms. The van der Waals surface area contributed by atoms with Crippen molar-refractivity contribution >= 4 is 5.91 Å². The van der Waals surface area contributed by atoms with Crippen LogP contribution < -0.4 is 5.73 Å². The van der Waals surface area contributed by atoms with Crippen molar-refractivity contribution in [2.24, 2.45) is 11.7 Å². The Labute approximate surface area is 105 Å². The normalized spacial score (nSPS) is 28.8. The van der Waals surface area contributed by atoms with Crippen LogP contribution in [0.2, 0.25) is 0 Å². The van der Waals surface area contributed by atoms with E-state index in [4.69, 9.17) is 5.73 Å². The summed E-state index contributed by atoms with van der Waals surface area (Å²) in [6.07, 6.45) is 6.66. The summed E-state index contributed by atoms with van der Waals surface area (Å²) in [5.41, 5.74) is 5.70. The van der Waals surface area contributed by atoms with Crippen molar-refractivity contribution in [1.82, 2.24) is 4.90 Å². The average molecular weight is 238 g/mol. The highest BCUT2D eigenvalue weighted by Crippen LogP contribution is 2.31. The Morgan fingerprint density at radius 1 is 1.65 bits per heavy atom. The number of nitrogens with two attached hydrogens (primary N) is 1. The summed E-state index contributed by atoms with van der Waals surface area (Å²) in [4.78, 5) is 14.4. The molecule has 2 unspecified atom stereocenters. The number of nitrogens with zero attached hydrogens (tertiary/aromatic N) is 1. The molecule has 3 nitrogen and oxygen atoms in total. The van der Waals surface area contributed by atoms with Gasteiger partial charge >= 0.3 is 0 Å². The predicted octanol–water partition coefficient (Wildman–Crippen LogP) is 2.32. The third-order valence-corrected chi connectivity index (χ3v) is 3.59. The Kier molecular flexibility index (Phi) is 5.19. The van der Waals surface area contributed by atoms with E-state index in [1.165, 1.54) is 6.42 Å². The fourth-order valence-electron chi connectivity index (χ4n) is 2.80. The van der Waals surface area contributed by atoms with Gasteiger partial charge in [-0.15, -0.1) is 6.58 Å². The second kappa shape index (κ2) is 6.20. The van der Waals surface area contributed by atoms with Crippen LogP contribution in [0.3, 0.4) is 0 Å². The molecule has 1 amide bonds. The summed E-state index contributed by atoms with van der Waals surface area (Å²) >= 11 is 0. The van der Waals surface area contributed by atoms with Crippen LogP contribution in [0, 0.1) is 5.92 Å². The second-order valence-electron chi connectivity index (χ2n) is 5.40. The van der Waals surface area contributed by atoms with Gasteiger partial charge in [0.05, 0.1) is 5.54 Å². The molecule has 0 heterocycles. The standard InChI is InChI=1S/C14H26N2O/c1-4-9-16(10-5-2)13(17)14(15)8-6-7-12(3)11-14/h4,12H,1,5-11,15H2,2-3H3. The summed E-state index contributed by atoms with van der Waals surface area (Å²) in [6.45, 7) is 9.37. The molecule has 3 heteroatoms. The molecule has 1 rings (SSSR count). The molecule has 0 bridgehead atoms. The SMILES string of the molecule is C=CCN(CCC)C(=O)C1(N)CCCC(C)C1. The second-order valence-corrected chi connectivity index (χ2v) is 5.40. The van der Waals surface area contributed by atoms with Gasteiger partial charge in [-0.1, -0.05) is 32.8 Å². The molecule has 2 N–H and O–H groups in total. The van der Waals surface area contributed by atoms with Crippen LogP contribution in [-0.4, -0.2) is 29.4 Å². The van der Waals surface area contributed by atoms with E-state index in [0.717, 1.165) is 32.2 Å². The van der Waals surface area contributed by atoms with Crippen LogP contribution in [0.4, 0.5) is 0 Å². The maximum atomic E-state index is 12.5. The lowest BCUT2D eigenvalue weighted by Gasteiger charge is -2.39. The predicted molar refractivity (Wildman–Crippen MR) is 71.6 cm³/mol. The summed E-state index contributed by atoms with van der Waals surface area (Å²) in [6, 6.07) is 0. The van der Waals surface area contributed by atoms with Gasteiger partial charge in [0.2, 0.25) is 5.91 Å². The molecule has 98 valence electrons. The third-order valence-electron chi connectivity index (χ3n) is 3.59. The maximum Gasteiger partial charge on any atom is 0.242 e. The van der Waals surface area contributed by atoms with Crippen LogP contribution in [0.1, 0.15) is 46.0 Å². The van der Waals surface area contributed by atoms with Crippen molar-refractivity contribution in [2.75, 3.05) is 13.1 Å². The number of rotatable bonds is 5. The van der Waals surface area contributed by atoms with E-state index < -0.39 is 5.54 Å². The monoisotopic (exact) mass is 238 g/mol. The van der Waals surface area contributed by atoms with Crippen LogP contribution in [-0.2, 0) is 4.79 Å². The van der Waals surface area contributed by atoms with E-state index in [2.05, 4.69) is 20.4 Å². The first kappa shape index (κ1) is 14.2. The van der Waals surface area contributed by atoms with Crippen molar-refractivity contribution in [2.45, 2.75) is 51.5 Å². The number of amides is 1. The average Bonchev–Trinajstić information content (AvgIpc) is 2.27. The quantitative estimate of drug-likeness (QED) is 0.747. The Morgan fingerprint density at radius 2 is 2.35 bits per heavy atom. The fourth-order valence-corrected chi connectivity index (χ4v) is 2.80. The molecule has 1 fully saturated rings. The van der Waals surface area contributed by atoms with Gasteiger partial charge in [-0.2, -0.15) is 0 Å². The van der Waals surface area contributed by atoms with E-state index in [1.54, 1.807) is 6.08 Å². The van der Waals surface area contributed by atoms with Crippen LogP contribution in [0.15, 0.2) is 12.7 Å². The molecule has 0 saturated heterocycles. The van der Waals surface area contributed by atoms with Gasteiger partial charge in [0, 0.05) is 13.1 Å². The van der Waals surface area contributed by atoms with E-state index in [9.17, 15) is 4.79 Å². The molecule has 0 radical (unpaired) electrons. The van der Waals surface area contributed by atoms with E-state index in [0.29, 0.717) is 12.5 Å². The summed E-state index contributed by atoms with van der Waals surface area (Å²) < 4.78 is 0. The largest absolute Gasteiger partial charge is 0.337 e. The Hall–Kier alpha value is -0.830. The lowest BCUT2D eigenvalue weighted by atomic mass is 9.76. The van der Waals surface area contributed by atoms with Gasteiger partial charge < -0.3 is 10.6 Å². The van der Waals surface area contributed by atoms with Gasteiger partial charge in [0.1, 0.15) is 0 Å². The van der Waals surface area contributed by atoms with Crippen LogP contribution >= 0.6 is 0 Å². The van der Waals surface area contributed by atoms with Crippen molar-refractivity contribution in [3.63, 3.8) is 0 Å². The van der Waals surface area contributed by atoms with Crippen molar-refractivity contribution < 1.29 is 4.79 Å². The molecular formula is C14H26N2O. The minimum atomic E-state index is -0.629. The van der Waals surface area contributed by atoms with Crippen LogP contribution in [0.5, 0.6) is 0 Å². The molecule has 0 aromatic heterocycles. The van der Waals surface area contributed by atoms with Crippen molar-refractivity contribution in [3.8, 4) is 0 Å². The Balaban J connectivity index is 2.73. The summed E-state index contributed by atoms with van der Waals surface area (Å²) in [7, 11) is 0. The van der Waals surface area contributed by atoms with Crippen molar-refractivity contribution in [3.05, 3.63) is 12.7 Å². The first-order valence-corrected chi connectivity index (χ1v) is 6.72. The van der Waals surface area contributed by atoms with Gasteiger partial charge in [-0.3, -0.25) is 4.79 Å². The minimum Gasteiger partial charge on any atom is -0.337 e. The minimum absolute atomic E-state index is 0.116. The van der Waals surface area contributed by atoms with Crippen LogP contribution in [0.25, 0.3) is 0 Å². The number of hydrogen-bond acceptors (Lipinski definition) is 2. The smallest absolute Gasteiger partial charge is 0.242 e. The van der Waals surface area contributed by atoms with Gasteiger partial charge in [-0.05, 0) is 25.2 Å². The van der Waals surface area contributed by atoms with Gasteiger partial charge in [0.25, 0.3) is 0 Å². The molecule has 17 heavy (non-hydrogen) atoms. The molecule has 1 aliphatic carbocycles. The zero-order valence-electron chi connectivity index (χ0n) is 11.2. The van der Waals surface area contributed by atoms with Gasteiger partial charge in [0.15, 0.2) is 0 Å². The lowest BCUT2D eigenvalue weighted by Crippen LogP contribution is -2.57. The zero-order chi connectivity index (χ0) is 12.9. The molecule has 0 aliphatic heterocycles. The first-order chi connectivity index (χ1) is 8.03. The molecule has 2 atom stereocenters. The zero-order valence-corrected chi connectivity index (χ0v) is 11.2. The first-order valence-electron chi connectivity index (χ1n) is 6.72. The Morgan fingerprint density at radius 3 is 2.88 bits per heavy atom.